The number of carbonyl (C=O) groups is 3. The number of rotatable bonds is 5. The van der Waals surface area contributed by atoms with Gasteiger partial charge in [0.2, 0.25) is 5.91 Å². The molecule has 0 spiro atoms. The largest absolute Gasteiger partial charge is 0.481 e. The molecule has 2 N–H and O–H groups in total. The number of amides is 1. The minimum atomic E-state index is -0.957. The number of ether oxygens (including phenoxy) is 1. The molecule has 0 aliphatic heterocycles. The van der Waals surface area contributed by atoms with Crippen molar-refractivity contribution < 1.29 is 24.2 Å². The molecule has 0 saturated carbocycles. The van der Waals surface area contributed by atoms with Crippen LogP contribution >= 0.6 is 11.3 Å². The van der Waals surface area contributed by atoms with E-state index in [9.17, 15) is 19.5 Å². The van der Waals surface area contributed by atoms with Gasteiger partial charge in [-0.15, -0.1) is 11.3 Å². The maximum atomic E-state index is 13.1. The quantitative estimate of drug-likeness (QED) is 0.544. The van der Waals surface area contributed by atoms with Crippen molar-refractivity contribution in [2.24, 2.45) is 17.8 Å². The van der Waals surface area contributed by atoms with Crippen molar-refractivity contribution in [1.29, 1.82) is 0 Å². The first kappa shape index (κ1) is 21.6. The maximum Gasteiger partial charge on any atom is 0.341 e. The molecular weight excluding hydrogens is 390 g/mol. The molecule has 1 amide bonds. The number of esters is 1. The van der Waals surface area contributed by atoms with Crippen molar-refractivity contribution in [3.8, 4) is 0 Å². The molecule has 0 radical (unpaired) electrons. The first-order valence-electron chi connectivity index (χ1n) is 10.2. The zero-order valence-corrected chi connectivity index (χ0v) is 18.3. The van der Waals surface area contributed by atoms with E-state index in [4.69, 9.17) is 4.74 Å². The van der Waals surface area contributed by atoms with Crippen molar-refractivity contribution in [2.75, 3.05) is 11.9 Å². The van der Waals surface area contributed by atoms with Crippen LogP contribution in [0.5, 0.6) is 0 Å². The first-order chi connectivity index (χ1) is 13.7. The predicted octanol–water partition coefficient (Wildman–Crippen LogP) is 4.44. The van der Waals surface area contributed by atoms with Crippen molar-refractivity contribution in [1.82, 2.24) is 0 Å². The van der Waals surface area contributed by atoms with Gasteiger partial charge < -0.3 is 15.2 Å². The molecule has 0 fully saturated rings. The van der Waals surface area contributed by atoms with Gasteiger partial charge in [0.1, 0.15) is 5.00 Å². The third-order valence-corrected chi connectivity index (χ3v) is 7.32. The summed E-state index contributed by atoms with van der Waals surface area (Å²) >= 11 is 1.43. The summed E-state index contributed by atoms with van der Waals surface area (Å²) in [7, 11) is 0. The highest BCUT2D eigenvalue weighted by atomic mass is 32.1. The van der Waals surface area contributed by atoms with Crippen LogP contribution in [0, 0.1) is 17.8 Å². The summed E-state index contributed by atoms with van der Waals surface area (Å²) < 4.78 is 5.25. The topological polar surface area (TPSA) is 92.7 Å². The van der Waals surface area contributed by atoms with Gasteiger partial charge in [0.05, 0.1) is 24.0 Å². The van der Waals surface area contributed by atoms with Gasteiger partial charge in [0, 0.05) is 4.88 Å². The van der Waals surface area contributed by atoms with E-state index in [1.165, 1.54) is 11.3 Å². The number of hydrogen-bond donors (Lipinski definition) is 2. The summed E-state index contributed by atoms with van der Waals surface area (Å²) in [5.74, 6) is -2.57. The lowest BCUT2D eigenvalue weighted by atomic mass is 9.76. The number of thiophene rings is 1. The van der Waals surface area contributed by atoms with Gasteiger partial charge in [-0.25, -0.2) is 4.79 Å². The fourth-order valence-electron chi connectivity index (χ4n) is 4.29. The van der Waals surface area contributed by atoms with E-state index in [0.717, 1.165) is 40.8 Å². The highest BCUT2D eigenvalue weighted by molar-refractivity contribution is 7.17. The summed E-state index contributed by atoms with van der Waals surface area (Å²) in [6.45, 7) is 8.08. The molecule has 3 rings (SSSR count). The summed E-state index contributed by atoms with van der Waals surface area (Å²) in [6.07, 6.45) is 3.47. The van der Waals surface area contributed by atoms with E-state index < -0.39 is 23.8 Å². The number of anilines is 1. The molecule has 1 heterocycles. The second-order valence-electron chi connectivity index (χ2n) is 8.29. The SMILES string of the molecule is CCOC(=O)c1c(NC(=O)[C@@H]2CC(C)=C(C)C[C@@H]2C(=O)O)sc2c1CC[C@@H](C)C2. The lowest BCUT2D eigenvalue weighted by Gasteiger charge is -2.29. The van der Waals surface area contributed by atoms with E-state index in [2.05, 4.69) is 12.2 Å². The number of aliphatic carboxylic acids is 1. The van der Waals surface area contributed by atoms with Gasteiger partial charge in [0.25, 0.3) is 0 Å². The lowest BCUT2D eigenvalue weighted by Crippen LogP contribution is -2.36. The Labute approximate surface area is 175 Å². The van der Waals surface area contributed by atoms with Crippen molar-refractivity contribution in [2.45, 2.75) is 59.8 Å². The number of carbonyl (C=O) groups excluding carboxylic acids is 2. The Balaban J connectivity index is 1.91. The van der Waals surface area contributed by atoms with Crippen LogP contribution < -0.4 is 5.32 Å². The number of carboxylic acid groups (broad SMARTS) is 1. The third-order valence-electron chi connectivity index (χ3n) is 6.15. The molecule has 2 aliphatic rings. The van der Waals surface area contributed by atoms with Crippen LogP contribution in [0.3, 0.4) is 0 Å². The second-order valence-corrected chi connectivity index (χ2v) is 9.39. The Kier molecular flexibility index (Phi) is 6.46. The number of hydrogen-bond acceptors (Lipinski definition) is 5. The van der Waals surface area contributed by atoms with Crippen LogP contribution in [0.4, 0.5) is 5.00 Å². The molecule has 29 heavy (non-hydrogen) atoms. The van der Waals surface area contributed by atoms with E-state index >= 15 is 0 Å². The monoisotopic (exact) mass is 419 g/mol. The van der Waals surface area contributed by atoms with Gasteiger partial charge >= 0.3 is 11.9 Å². The number of allylic oxidation sites excluding steroid dienone is 2. The molecule has 2 aliphatic carbocycles. The van der Waals surface area contributed by atoms with Crippen LogP contribution in [0.2, 0.25) is 0 Å². The van der Waals surface area contributed by atoms with Gasteiger partial charge in [-0.05, 0) is 64.4 Å². The number of carboxylic acids is 1. The molecule has 0 aromatic carbocycles. The minimum absolute atomic E-state index is 0.264. The Morgan fingerprint density at radius 1 is 1.14 bits per heavy atom. The smallest absolute Gasteiger partial charge is 0.341 e. The van der Waals surface area contributed by atoms with Crippen LogP contribution in [0.15, 0.2) is 11.1 Å². The Bertz CT molecular complexity index is 869. The fourth-order valence-corrected chi connectivity index (χ4v) is 5.69. The lowest BCUT2D eigenvalue weighted by molar-refractivity contribution is -0.146. The Morgan fingerprint density at radius 3 is 2.41 bits per heavy atom. The fraction of sp³-hybridized carbons (Fsp3) is 0.591. The number of fused-ring (bicyclic) bond motifs is 1. The predicted molar refractivity (Wildman–Crippen MR) is 112 cm³/mol. The zero-order chi connectivity index (χ0) is 21.3. The molecule has 3 atom stereocenters. The molecule has 6 nitrogen and oxygen atoms in total. The van der Waals surface area contributed by atoms with E-state index in [1.54, 1.807) is 6.92 Å². The van der Waals surface area contributed by atoms with Crippen molar-refractivity contribution in [3.63, 3.8) is 0 Å². The summed E-state index contributed by atoms with van der Waals surface area (Å²) in [5, 5.41) is 13.0. The average molecular weight is 420 g/mol. The van der Waals surface area contributed by atoms with E-state index in [1.807, 2.05) is 13.8 Å². The van der Waals surface area contributed by atoms with Crippen LogP contribution in [0.1, 0.15) is 67.8 Å². The standard InChI is InChI=1S/C22H29NO5S/c1-5-28-22(27)18-14-7-6-11(2)8-17(14)29-20(18)23-19(24)15-9-12(3)13(4)10-16(15)21(25)26/h11,15-16H,5-10H2,1-4H3,(H,23,24)(H,25,26)/t11-,15-,16+/m1/s1. The Hall–Kier alpha value is -2.15. The van der Waals surface area contributed by atoms with Crippen LogP contribution in [-0.4, -0.2) is 29.6 Å². The highest BCUT2D eigenvalue weighted by Gasteiger charge is 2.38. The molecule has 0 bridgehead atoms. The van der Waals surface area contributed by atoms with Gasteiger partial charge in [0.15, 0.2) is 0 Å². The Morgan fingerprint density at radius 2 is 1.79 bits per heavy atom. The summed E-state index contributed by atoms with van der Waals surface area (Å²) in [6, 6.07) is 0. The van der Waals surface area contributed by atoms with Gasteiger partial charge in [-0.1, -0.05) is 18.1 Å². The molecule has 7 heteroatoms. The first-order valence-corrected chi connectivity index (χ1v) is 11.0. The molecule has 1 aromatic heterocycles. The summed E-state index contributed by atoms with van der Waals surface area (Å²) in [4.78, 5) is 38.6. The van der Waals surface area contributed by atoms with Crippen molar-refractivity contribution in [3.05, 3.63) is 27.2 Å². The molecule has 0 unspecified atom stereocenters. The molecule has 0 saturated heterocycles. The molecule has 158 valence electrons. The number of nitrogens with one attached hydrogen (secondary N) is 1. The molecular formula is C22H29NO5S. The van der Waals surface area contributed by atoms with Gasteiger partial charge in [-0.2, -0.15) is 0 Å². The average Bonchev–Trinajstić information content (AvgIpc) is 3.00. The third kappa shape index (κ3) is 4.39. The minimum Gasteiger partial charge on any atom is -0.481 e. The van der Waals surface area contributed by atoms with E-state index in [0.29, 0.717) is 29.3 Å². The summed E-state index contributed by atoms with van der Waals surface area (Å²) in [5.41, 5.74) is 3.53. The van der Waals surface area contributed by atoms with Crippen LogP contribution in [0.25, 0.3) is 0 Å². The second kappa shape index (κ2) is 8.69. The normalized spacial score (nSPS) is 24.1. The van der Waals surface area contributed by atoms with Crippen LogP contribution in [-0.2, 0) is 27.2 Å². The maximum absolute atomic E-state index is 13.1. The highest BCUT2D eigenvalue weighted by Crippen LogP contribution is 2.41. The molecule has 1 aromatic rings. The van der Waals surface area contributed by atoms with E-state index in [-0.39, 0.29) is 12.5 Å². The van der Waals surface area contributed by atoms with Gasteiger partial charge in [-0.3, -0.25) is 9.59 Å². The zero-order valence-electron chi connectivity index (χ0n) is 17.5. The van der Waals surface area contributed by atoms with Crippen molar-refractivity contribution >= 4 is 34.2 Å².